The molecular weight excluding hydrogens is 349 g/mol. The summed E-state index contributed by atoms with van der Waals surface area (Å²) in [4.78, 5) is 13.7. The van der Waals surface area contributed by atoms with Crippen LogP contribution in [0.2, 0.25) is 0 Å². The number of carbonyl (C=O) groups is 1. The molecule has 1 aromatic heterocycles. The first-order chi connectivity index (χ1) is 10.4. The van der Waals surface area contributed by atoms with Crippen LogP contribution in [0.5, 0.6) is 0 Å². The smallest absolute Gasteiger partial charge is 0.334 e. The highest BCUT2D eigenvalue weighted by Gasteiger charge is 2.58. The first-order valence-electron chi connectivity index (χ1n) is 7.48. The fraction of sp³-hybridized carbons (Fsp3) is 0.667. The van der Waals surface area contributed by atoms with Gasteiger partial charge in [0.2, 0.25) is 5.91 Å². The molecule has 1 spiro atoms. The number of hydrogen-bond acceptors (Lipinski definition) is 3. The van der Waals surface area contributed by atoms with Gasteiger partial charge in [0.25, 0.3) is 0 Å². The first kappa shape index (κ1) is 18.5. The Morgan fingerprint density at radius 2 is 2.09 bits per heavy atom. The van der Waals surface area contributed by atoms with Crippen molar-refractivity contribution in [3.8, 4) is 0 Å². The van der Waals surface area contributed by atoms with E-state index in [2.05, 4.69) is 5.32 Å². The molecule has 0 bridgehead atoms. The normalized spacial score (nSPS) is 22.5. The number of amides is 1. The molecule has 1 unspecified atom stereocenters. The van der Waals surface area contributed by atoms with Gasteiger partial charge in [-0.1, -0.05) is 0 Å². The molecule has 1 N–H and O–H groups in total. The van der Waals surface area contributed by atoms with Gasteiger partial charge in [-0.3, -0.25) is 4.79 Å². The molecule has 8 heteroatoms. The second-order valence-electron chi connectivity index (χ2n) is 6.28. The van der Waals surface area contributed by atoms with Crippen LogP contribution in [0.15, 0.2) is 16.8 Å². The SMILES string of the molecule is Cl.O=C(CC(F)(F)F)N(Cc1ccsc1)C1CC12CCNCC2. The van der Waals surface area contributed by atoms with Crippen LogP contribution in [0.3, 0.4) is 0 Å². The minimum Gasteiger partial charge on any atom is -0.334 e. The van der Waals surface area contributed by atoms with Gasteiger partial charge in [0.05, 0.1) is 0 Å². The summed E-state index contributed by atoms with van der Waals surface area (Å²) in [6.07, 6.45) is -3.08. The average Bonchev–Trinajstić information content (AvgIpc) is 2.87. The van der Waals surface area contributed by atoms with Crippen LogP contribution in [0, 0.1) is 5.41 Å². The van der Waals surface area contributed by atoms with Gasteiger partial charge < -0.3 is 10.2 Å². The van der Waals surface area contributed by atoms with E-state index in [4.69, 9.17) is 0 Å². The fourth-order valence-electron chi connectivity index (χ4n) is 3.45. The maximum atomic E-state index is 12.6. The van der Waals surface area contributed by atoms with E-state index in [1.54, 1.807) is 0 Å². The third-order valence-electron chi connectivity index (χ3n) is 4.73. The summed E-state index contributed by atoms with van der Waals surface area (Å²) in [7, 11) is 0. The second-order valence-corrected chi connectivity index (χ2v) is 7.06. The summed E-state index contributed by atoms with van der Waals surface area (Å²) in [5.41, 5.74) is 0.958. The lowest BCUT2D eigenvalue weighted by Crippen LogP contribution is -2.40. The molecule has 2 heterocycles. The molecule has 1 aliphatic heterocycles. The number of rotatable bonds is 4. The highest BCUT2D eigenvalue weighted by molar-refractivity contribution is 7.07. The van der Waals surface area contributed by atoms with Gasteiger partial charge in [0.15, 0.2) is 0 Å². The van der Waals surface area contributed by atoms with Gasteiger partial charge in [-0.2, -0.15) is 24.5 Å². The van der Waals surface area contributed by atoms with Gasteiger partial charge in [0, 0.05) is 12.6 Å². The van der Waals surface area contributed by atoms with Crippen LogP contribution >= 0.6 is 23.7 Å². The van der Waals surface area contributed by atoms with Crippen LogP contribution in [-0.2, 0) is 11.3 Å². The van der Waals surface area contributed by atoms with Gasteiger partial charge in [-0.15, -0.1) is 12.4 Å². The summed E-state index contributed by atoms with van der Waals surface area (Å²) in [5, 5.41) is 7.05. The van der Waals surface area contributed by atoms with Crippen molar-refractivity contribution in [2.45, 2.75) is 44.4 Å². The summed E-state index contributed by atoms with van der Waals surface area (Å²) >= 11 is 1.50. The topological polar surface area (TPSA) is 32.3 Å². The predicted molar refractivity (Wildman–Crippen MR) is 85.7 cm³/mol. The Labute approximate surface area is 143 Å². The van der Waals surface area contributed by atoms with E-state index < -0.39 is 18.5 Å². The zero-order chi connectivity index (χ0) is 15.8. The van der Waals surface area contributed by atoms with E-state index in [0.29, 0.717) is 0 Å². The molecule has 1 aromatic rings. The van der Waals surface area contributed by atoms with Crippen molar-refractivity contribution in [3.05, 3.63) is 22.4 Å². The molecule has 23 heavy (non-hydrogen) atoms. The quantitative estimate of drug-likeness (QED) is 0.880. The molecule has 1 saturated carbocycles. The number of halogens is 4. The van der Waals surface area contributed by atoms with Crippen molar-refractivity contribution in [1.29, 1.82) is 0 Å². The van der Waals surface area contributed by atoms with Crippen molar-refractivity contribution in [3.63, 3.8) is 0 Å². The summed E-state index contributed by atoms with van der Waals surface area (Å²) in [5.74, 6) is -0.792. The Balaban J connectivity index is 0.00000192. The number of nitrogens with zero attached hydrogens (tertiary/aromatic N) is 1. The molecule has 3 nitrogen and oxygen atoms in total. The Morgan fingerprint density at radius 3 is 2.65 bits per heavy atom. The number of alkyl halides is 3. The third-order valence-corrected chi connectivity index (χ3v) is 5.46. The monoisotopic (exact) mass is 368 g/mol. The molecule has 3 rings (SSSR count). The van der Waals surface area contributed by atoms with Crippen molar-refractivity contribution in [2.75, 3.05) is 13.1 Å². The zero-order valence-corrected chi connectivity index (χ0v) is 14.2. The third kappa shape index (κ3) is 4.39. The predicted octanol–water partition coefficient (Wildman–Crippen LogP) is 3.59. The molecule has 1 saturated heterocycles. The van der Waals surface area contributed by atoms with Crippen LogP contribution in [0.4, 0.5) is 13.2 Å². The molecule has 130 valence electrons. The number of thiophene rings is 1. The maximum absolute atomic E-state index is 12.6. The Morgan fingerprint density at radius 1 is 1.39 bits per heavy atom. The standard InChI is InChI=1S/C15H19F3N2OS.ClH/c16-15(17,18)8-13(21)20(9-11-1-6-22-10-11)12-7-14(12)2-4-19-5-3-14;/h1,6,10,12,19H,2-5,7-9H2;1H. The van der Waals surface area contributed by atoms with Crippen molar-refractivity contribution < 1.29 is 18.0 Å². The lowest BCUT2D eigenvalue weighted by atomic mass is 9.93. The minimum atomic E-state index is -4.44. The number of hydrogen-bond donors (Lipinski definition) is 1. The van der Waals surface area contributed by atoms with E-state index in [-0.39, 0.29) is 30.4 Å². The van der Waals surface area contributed by atoms with Crippen LogP contribution in [0.1, 0.15) is 31.2 Å². The van der Waals surface area contributed by atoms with Crippen molar-refractivity contribution in [2.24, 2.45) is 5.41 Å². The number of nitrogens with one attached hydrogen (secondary N) is 1. The highest BCUT2D eigenvalue weighted by Crippen LogP contribution is 2.56. The lowest BCUT2D eigenvalue weighted by Gasteiger charge is -2.30. The maximum Gasteiger partial charge on any atom is 0.397 e. The lowest BCUT2D eigenvalue weighted by molar-refractivity contribution is -0.162. The van der Waals surface area contributed by atoms with Gasteiger partial charge in [0.1, 0.15) is 6.42 Å². The molecular formula is C15H20ClF3N2OS. The molecule has 1 atom stereocenters. The van der Waals surface area contributed by atoms with Crippen LogP contribution < -0.4 is 5.32 Å². The average molecular weight is 369 g/mol. The van der Waals surface area contributed by atoms with Gasteiger partial charge >= 0.3 is 6.18 Å². The van der Waals surface area contributed by atoms with E-state index in [9.17, 15) is 18.0 Å². The second kappa shape index (κ2) is 6.99. The number of carbonyl (C=O) groups excluding carboxylic acids is 1. The van der Waals surface area contributed by atoms with E-state index in [0.717, 1.165) is 37.9 Å². The summed E-state index contributed by atoms with van der Waals surface area (Å²) in [6, 6.07) is 1.83. The largest absolute Gasteiger partial charge is 0.397 e. The minimum absolute atomic E-state index is 0. The van der Waals surface area contributed by atoms with Gasteiger partial charge in [-0.05, 0) is 60.2 Å². The van der Waals surface area contributed by atoms with Crippen molar-refractivity contribution in [1.82, 2.24) is 10.2 Å². The molecule has 0 radical (unpaired) electrons. The summed E-state index contributed by atoms with van der Waals surface area (Å²) < 4.78 is 37.8. The Bertz CT molecular complexity index is 529. The highest BCUT2D eigenvalue weighted by atomic mass is 35.5. The van der Waals surface area contributed by atoms with Gasteiger partial charge in [-0.25, -0.2) is 0 Å². The first-order valence-corrected chi connectivity index (χ1v) is 8.42. The number of piperidine rings is 1. The van der Waals surface area contributed by atoms with Crippen LogP contribution in [0.25, 0.3) is 0 Å². The summed E-state index contributed by atoms with van der Waals surface area (Å²) in [6.45, 7) is 2.06. The molecule has 1 aliphatic carbocycles. The zero-order valence-electron chi connectivity index (χ0n) is 12.6. The van der Waals surface area contributed by atoms with Crippen LogP contribution in [-0.4, -0.2) is 36.1 Å². The molecule has 1 amide bonds. The Hall–Kier alpha value is -0.790. The molecule has 2 aliphatic rings. The Kier molecular flexibility index (Phi) is 5.63. The van der Waals surface area contributed by atoms with E-state index in [1.165, 1.54) is 16.2 Å². The van der Waals surface area contributed by atoms with Crippen molar-refractivity contribution >= 4 is 29.7 Å². The van der Waals surface area contributed by atoms with E-state index in [1.807, 2.05) is 16.8 Å². The fourth-order valence-corrected chi connectivity index (χ4v) is 4.11. The molecule has 2 fully saturated rings. The van der Waals surface area contributed by atoms with E-state index >= 15 is 0 Å². The molecule has 0 aromatic carbocycles.